The van der Waals surface area contributed by atoms with E-state index in [1.807, 2.05) is 37.6 Å². The minimum absolute atomic E-state index is 0.0143. The third-order valence-corrected chi connectivity index (χ3v) is 6.40. The van der Waals surface area contributed by atoms with Crippen LogP contribution in [0.15, 0.2) is 34.1 Å². The van der Waals surface area contributed by atoms with Crippen LogP contribution in [0.5, 0.6) is 5.75 Å². The summed E-state index contributed by atoms with van der Waals surface area (Å²) in [6.45, 7) is 6.07. The van der Waals surface area contributed by atoms with E-state index in [1.54, 1.807) is 11.8 Å². The molecule has 144 valence electrons. The Hall–Kier alpha value is -1.95. The number of H-pyrrole nitrogens is 1. The van der Waals surface area contributed by atoms with Gasteiger partial charge in [-0.15, -0.1) is 0 Å². The molecule has 27 heavy (non-hydrogen) atoms. The molecule has 1 aliphatic heterocycles. The number of aromatic amines is 1. The third-order valence-electron chi connectivity index (χ3n) is 5.22. The Kier molecular flexibility index (Phi) is 5.17. The molecule has 0 radical (unpaired) electrons. The van der Waals surface area contributed by atoms with Gasteiger partial charge in [-0.25, -0.2) is 4.99 Å². The molecular weight excluding hydrogens is 358 g/mol. The molecule has 0 saturated heterocycles. The second kappa shape index (κ2) is 7.58. The standard InChI is InChI=1S/C21H27N3O2S/c1-13(2)26-17-11-7-8-15(12-17)19-18-20(22-14(3)27-19)24(23-21(18)25)16-9-5-4-6-10-16/h7-8,11-13,16,19H,4-6,9-10H2,1-3H3,(H,23,25)/t19-/m1/s1. The number of nitrogens with zero attached hydrogens (tertiary/aromatic N) is 2. The zero-order valence-corrected chi connectivity index (χ0v) is 17.0. The molecule has 5 nitrogen and oxygen atoms in total. The predicted octanol–water partition coefficient (Wildman–Crippen LogP) is 5.35. The van der Waals surface area contributed by atoms with Crippen molar-refractivity contribution in [2.45, 2.75) is 70.3 Å². The molecule has 1 aliphatic carbocycles. The molecule has 2 heterocycles. The van der Waals surface area contributed by atoms with Gasteiger partial charge in [0.05, 0.1) is 28.0 Å². The highest BCUT2D eigenvalue weighted by Gasteiger charge is 2.32. The first-order valence-electron chi connectivity index (χ1n) is 9.86. The van der Waals surface area contributed by atoms with Crippen LogP contribution in [0.3, 0.4) is 0 Å². The molecule has 6 heteroatoms. The van der Waals surface area contributed by atoms with E-state index in [4.69, 9.17) is 9.73 Å². The van der Waals surface area contributed by atoms with Gasteiger partial charge in [0.25, 0.3) is 5.56 Å². The Morgan fingerprint density at radius 3 is 2.78 bits per heavy atom. The Bertz CT molecular complexity index is 906. The first-order chi connectivity index (χ1) is 13.0. The summed E-state index contributed by atoms with van der Waals surface area (Å²) in [5, 5.41) is 4.04. The Balaban J connectivity index is 1.75. The number of nitrogens with one attached hydrogen (secondary N) is 1. The van der Waals surface area contributed by atoms with Crippen molar-refractivity contribution in [2.24, 2.45) is 4.99 Å². The number of hydrogen-bond donors (Lipinski definition) is 1. The maximum absolute atomic E-state index is 12.9. The summed E-state index contributed by atoms with van der Waals surface area (Å²) in [7, 11) is 0. The Morgan fingerprint density at radius 2 is 2.04 bits per heavy atom. The van der Waals surface area contributed by atoms with Crippen molar-refractivity contribution in [2.75, 3.05) is 0 Å². The molecule has 0 bridgehead atoms. The molecule has 2 aromatic rings. The van der Waals surface area contributed by atoms with E-state index in [9.17, 15) is 4.79 Å². The highest BCUT2D eigenvalue weighted by Crippen LogP contribution is 2.45. The number of thioether (sulfide) groups is 1. The van der Waals surface area contributed by atoms with E-state index in [0.717, 1.165) is 40.6 Å². The van der Waals surface area contributed by atoms with E-state index in [2.05, 4.69) is 17.2 Å². The monoisotopic (exact) mass is 385 g/mol. The van der Waals surface area contributed by atoms with Crippen molar-refractivity contribution < 1.29 is 4.74 Å². The number of aromatic nitrogens is 2. The first kappa shape index (κ1) is 18.4. The highest BCUT2D eigenvalue weighted by atomic mass is 32.2. The SMILES string of the molecule is CC1=Nc2c(c(=O)[nH]n2C2CCCCC2)[C@@H](c2cccc(OC(C)C)c2)S1. The van der Waals surface area contributed by atoms with Gasteiger partial charge in [0, 0.05) is 0 Å². The van der Waals surface area contributed by atoms with Gasteiger partial charge < -0.3 is 4.74 Å². The van der Waals surface area contributed by atoms with E-state index in [1.165, 1.54) is 19.3 Å². The van der Waals surface area contributed by atoms with Crippen LogP contribution in [0, 0.1) is 0 Å². The van der Waals surface area contributed by atoms with E-state index in [0.29, 0.717) is 6.04 Å². The van der Waals surface area contributed by atoms with E-state index >= 15 is 0 Å². The summed E-state index contributed by atoms with van der Waals surface area (Å²) >= 11 is 1.64. The van der Waals surface area contributed by atoms with Crippen molar-refractivity contribution in [3.05, 3.63) is 45.7 Å². The lowest BCUT2D eigenvalue weighted by Crippen LogP contribution is -2.16. The van der Waals surface area contributed by atoms with Crippen molar-refractivity contribution >= 4 is 22.6 Å². The number of benzene rings is 1. The summed E-state index contributed by atoms with van der Waals surface area (Å²) < 4.78 is 7.90. The lowest BCUT2D eigenvalue weighted by molar-refractivity contribution is 0.242. The second-order valence-corrected chi connectivity index (χ2v) is 9.01. The molecule has 1 atom stereocenters. The minimum atomic E-state index is -0.0539. The molecule has 0 unspecified atom stereocenters. The fourth-order valence-corrected chi connectivity index (χ4v) is 5.16. The zero-order valence-electron chi connectivity index (χ0n) is 16.2. The van der Waals surface area contributed by atoms with Gasteiger partial charge in [0.15, 0.2) is 5.82 Å². The van der Waals surface area contributed by atoms with Crippen LogP contribution in [0.4, 0.5) is 5.82 Å². The molecule has 1 fully saturated rings. The van der Waals surface area contributed by atoms with Gasteiger partial charge in [0.2, 0.25) is 0 Å². The van der Waals surface area contributed by atoms with Crippen LogP contribution in [0.25, 0.3) is 0 Å². The lowest BCUT2D eigenvalue weighted by Gasteiger charge is -2.26. The van der Waals surface area contributed by atoms with Crippen LogP contribution in [0.2, 0.25) is 0 Å². The van der Waals surface area contributed by atoms with E-state index in [-0.39, 0.29) is 16.9 Å². The Labute approximate surface area is 164 Å². The lowest BCUT2D eigenvalue weighted by atomic mass is 9.95. The third kappa shape index (κ3) is 3.72. The number of ether oxygens (including phenoxy) is 1. The summed E-state index contributed by atoms with van der Waals surface area (Å²) in [6, 6.07) is 8.45. The molecule has 1 N–H and O–H groups in total. The molecule has 1 saturated carbocycles. The summed E-state index contributed by atoms with van der Waals surface area (Å²) in [6.07, 6.45) is 6.06. The fraction of sp³-hybridized carbons (Fsp3) is 0.524. The van der Waals surface area contributed by atoms with Gasteiger partial charge in [-0.1, -0.05) is 43.2 Å². The largest absolute Gasteiger partial charge is 0.491 e. The Morgan fingerprint density at radius 1 is 1.26 bits per heavy atom. The summed E-state index contributed by atoms with van der Waals surface area (Å²) in [5.41, 5.74) is 1.85. The van der Waals surface area contributed by atoms with Crippen LogP contribution >= 0.6 is 11.8 Å². The number of rotatable bonds is 4. The topological polar surface area (TPSA) is 59.4 Å². The van der Waals surface area contributed by atoms with Gasteiger partial charge in [-0.05, 0) is 51.3 Å². The van der Waals surface area contributed by atoms with Crippen LogP contribution in [-0.2, 0) is 0 Å². The van der Waals surface area contributed by atoms with Crippen molar-refractivity contribution in [3.8, 4) is 5.75 Å². The average molecular weight is 386 g/mol. The number of fused-ring (bicyclic) bond motifs is 1. The zero-order chi connectivity index (χ0) is 19.0. The summed E-state index contributed by atoms with van der Waals surface area (Å²) in [4.78, 5) is 17.7. The van der Waals surface area contributed by atoms with Gasteiger partial charge in [-0.2, -0.15) is 0 Å². The maximum atomic E-state index is 12.9. The van der Waals surface area contributed by atoms with Crippen molar-refractivity contribution in [1.82, 2.24) is 9.78 Å². The van der Waals surface area contributed by atoms with Gasteiger partial charge >= 0.3 is 0 Å². The van der Waals surface area contributed by atoms with Crippen LogP contribution in [-0.4, -0.2) is 20.9 Å². The van der Waals surface area contributed by atoms with Crippen LogP contribution in [0.1, 0.15) is 75.3 Å². The first-order valence-corrected chi connectivity index (χ1v) is 10.7. The number of aliphatic imine (C=N–C) groups is 1. The number of hydrogen-bond acceptors (Lipinski definition) is 4. The molecule has 0 spiro atoms. The molecule has 2 aliphatic rings. The normalized spacial score (nSPS) is 20.4. The van der Waals surface area contributed by atoms with Gasteiger partial charge in [-0.3, -0.25) is 14.6 Å². The molecule has 1 aromatic carbocycles. The smallest absolute Gasteiger partial charge is 0.271 e. The summed E-state index contributed by atoms with van der Waals surface area (Å²) in [5.74, 6) is 1.66. The predicted molar refractivity (Wildman–Crippen MR) is 112 cm³/mol. The molecule has 1 aromatic heterocycles. The molecular formula is C21H27N3O2S. The second-order valence-electron chi connectivity index (χ2n) is 7.71. The van der Waals surface area contributed by atoms with Gasteiger partial charge in [0.1, 0.15) is 5.75 Å². The quantitative estimate of drug-likeness (QED) is 0.771. The average Bonchev–Trinajstić information content (AvgIpc) is 2.98. The van der Waals surface area contributed by atoms with Crippen LogP contribution < -0.4 is 10.3 Å². The molecule has 4 rings (SSSR count). The maximum Gasteiger partial charge on any atom is 0.271 e. The minimum Gasteiger partial charge on any atom is -0.491 e. The van der Waals surface area contributed by atoms with E-state index < -0.39 is 0 Å². The van der Waals surface area contributed by atoms with Crippen molar-refractivity contribution in [3.63, 3.8) is 0 Å². The highest BCUT2D eigenvalue weighted by molar-refractivity contribution is 8.14. The van der Waals surface area contributed by atoms with Crippen molar-refractivity contribution in [1.29, 1.82) is 0 Å². The fourth-order valence-electron chi connectivity index (χ4n) is 4.07. The molecule has 0 amide bonds.